The normalized spacial score (nSPS) is 22.5. The van der Waals surface area contributed by atoms with E-state index in [0.717, 1.165) is 46.8 Å². The fourth-order valence-corrected chi connectivity index (χ4v) is 6.24. The molecule has 1 heterocycles. The largest absolute Gasteiger partial charge is 0.463 e. The number of nitro benzene ring substituents is 1. The molecule has 1 aromatic rings. The number of rotatable bonds is 11. The predicted molar refractivity (Wildman–Crippen MR) is 149 cm³/mol. The molecule has 0 aromatic heterocycles. The second-order valence-electron chi connectivity index (χ2n) is 10.9. The van der Waals surface area contributed by atoms with Crippen LogP contribution in [-0.2, 0) is 62.4 Å². The molecule has 0 bridgehead atoms. The summed E-state index contributed by atoms with van der Waals surface area (Å²) in [4.78, 5) is 71.8. The van der Waals surface area contributed by atoms with E-state index in [4.69, 9.17) is 28.4 Å². The van der Waals surface area contributed by atoms with Crippen LogP contribution in [0.1, 0.15) is 55.4 Å². The maximum atomic E-state index is 14.4. The number of carbonyl (C=O) groups excluding carboxylic acids is 5. The highest BCUT2D eigenvalue weighted by Crippen LogP contribution is 2.37. The molecule has 1 aliphatic rings. The van der Waals surface area contributed by atoms with E-state index in [1.807, 2.05) is 0 Å². The average molecular weight is 661 g/mol. The SMILES string of the molecule is CC(=O)OC[C@H]1O[C@@H](N([C@@H](C)C(=O)OC(C)(C)C)S(=O)(=O)c2ccccc2[N+](=O)[O-])[C@H](OC(C)=O)[C@@H](OC(C)=O)[C@@H]1OC(C)=O. The molecule has 0 amide bonds. The standard InChI is InChI=1S/C27H36N2O15S/c1-14(26(34)44-27(6,7)8)28(45(37,38)21-12-10-9-11-19(21)29(35)36)25-24(42-18(5)33)23(41-17(4)32)22(40-16(3)31)20(43-25)13-39-15(2)30/h9-12,14,20,22-25H,13H2,1-8H3/t14-,20+,22+,23-,24+,25+/m0/s1. The van der Waals surface area contributed by atoms with Gasteiger partial charge in [0.2, 0.25) is 0 Å². The van der Waals surface area contributed by atoms with E-state index in [-0.39, 0.29) is 0 Å². The van der Waals surface area contributed by atoms with E-state index in [9.17, 15) is 42.5 Å². The number of benzene rings is 1. The Kier molecular flexibility index (Phi) is 12.1. The van der Waals surface area contributed by atoms with Crippen molar-refractivity contribution in [1.29, 1.82) is 0 Å². The molecule has 2 rings (SSSR count). The van der Waals surface area contributed by atoms with Gasteiger partial charge in [-0.3, -0.25) is 34.1 Å². The Morgan fingerprint density at radius 2 is 1.42 bits per heavy atom. The lowest BCUT2D eigenvalue weighted by Gasteiger charge is -2.48. The van der Waals surface area contributed by atoms with Gasteiger partial charge in [0.1, 0.15) is 24.4 Å². The number of ether oxygens (including phenoxy) is 6. The summed E-state index contributed by atoms with van der Waals surface area (Å²) >= 11 is 0. The van der Waals surface area contributed by atoms with E-state index < -0.39 is 104 Å². The molecule has 18 heteroatoms. The van der Waals surface area contributed by atoms with E-state index >= 15 is 0 Å². The number of nitrogens with zero attached hydrogens (tertiary/aromatic N) is 2. The quantitative estimate of drug-likeness (QED) is 0.142. The number of nitro groups is 1. The number of esters is 5. The van der Waals surface area contributed by atoms with Gasteiger partial charge in [-0.05, 0) is 33.8 Å². The predicted octanol–water partition coefficient (Wildman–Crippen LogP) is 1.40. The first kappa shape index (κ1) is 37.0. The average Bonchev–Trinajstić information content (AvgIpc) is 2.88. The topological polar surface area (TPSA) is 221 Å². The van der Waals surface area contributed by atoms with Gasteiger partial charge in [0.25, 0.3) is 15.7 Å². The lowest BCUT2D eigenvalue weighted by atomic mass is 9.96. The van der Waals surface area contributed by atoms with Gasteiger partial charge < -0.3 is 28.4 Å². The van der Waals surface area contributed by atoms with E-state index in [1.54, 1.807) is 0 Å². The molecule has 17 nitrogen and oxygen atoms in total. The van der Waals surface area contributed by atoms with Crippen LogP contribution >= 0.6 is 0 Å². The summed E-state index contributed by atoms with van der Waals surface area (Å²) in [6.45, 7) is 8.85. The lowest BCUT2D eigenvalue weighted by Crippen LogP contribution is -2.68. The van der Waals surface area contributed by atoms with Crippen LogP contribution in [0.25, 0.3) is 0 Å². The van der Waals surface area contributed by atoms with Gasteiger partial charge in [0.05, 0.1) is 4.92 Å². The molecule has 45 heavy (non-hydrogen) atoms. The summed E-state index contributed by atoms with van der Waals surface area (Å²) in [5.41, 5.74) is -2.01. The minimum Gasteiger partial charge on any atom is -0.463 e. The fourth-order valence-electron chi connectivity index (χ4n) is 4.41. The third kappa shape index (κ3) is 9.66. The van der Waals surface area contributed by atoms with Crippen LogP contribution in [0.5, 0.6) is 0 Å². The molecule has 1 aromatic carbocycles. The molecule has 1 saturated heterocycles. The summed E-state index contributed by atoms with van der Waals surface area (Å²) in [6.07, 6.45) is -9.10. The van der Waals surface area contributed by atoms with Gasteiger partial charge in [-0.2, -0.15) is 4.31 Å². The van der Waals surface area contributed by atoms with Crippen LogP contribution in [0, 0.1) is 10.1 Å². The van der Waals surface area contributed by atoms with Crippen LogP contribution in [0.4, 0.5) is 5.69 Å². The zero-order valence-corrected chi connectivity index (χ0v) is 26.7. The Bertz CT molecular complexity index is 1420. The van der Waals surface area contributed by atoms with Crippen LogP contribution in [0.15, 0.2) is 29.2 Å². The van der Waals surface area contributed by atoms with Crippen molar-refractivity contribution in [2.75, 3.05) is 6.61 Å². The van der Waals surface area contributed by atoms with Gasteiger partial charge >= 0.3 is 29.8 Å². The van der Waals surface area contributed by atoms with Gasteiger partial charge in [0.15, 0.2) is 29.4 Å². The molecule has 0 radical (unpaired) electrons. The maximum absolute atomic E-state index is 14.4. The van der Waals surface area contributed by atoms with Gasteiger partial charge in [-0.25, -0.2) is 8.42 Å². The van der Waals surface area contributed by atoms with Crippen molar-refractivity contribution < 1.29 is 65.7 Å². The highest BCUT2D eigenvalue weighted by molar-refractivity contribution is 7.89. The zero-order valence-electron chi connectivity index (χ0n) is 25.9. The Balaban J connectivity index is 2.96. The highest BCUT2D eigenvalue weighted by atomic mass is 32.2. The highest BCUT2D eigenvalue weighted by Gasteiger charge is 2.58. The molecule has 1 fully saturated rings. The van der Waals surface area contributed by atoms with E-state index in [1.165, 1.54) is 32.9 Å². The number of hydrogen-bond acceptors (Lipinski definition) is 15. The van der Waals surface area contributed by atoms with E-state index in [0.29, 0.717) is 4.31 Å². The van der Waals surface area contributed by atoms with Crippen molar-refractivity contribution in [3.8, 4) is 0 Å². The zero-order chi connectivity index (χ0) is 34.4. The van der Waals surface area contributed by atoms with Crippen molar-refractivity contribution in [2.45, 2.75) is 103 Å². The van der Waals surface area contributed by atoms with Gasteiger partial charge in [-0.1, -0.05) is 12.1 Å². The Labute approximate surface area is 259 Å². The number of hydrogen-bond donors (Lipinski definition) is 0. The number of sulfonamides is 1. The summed E-state index contributed by atoms with van der Waals surface area (Å²) < 4.78 is 61.6. The van der Waals surface area contributed by atoms with Crippen LogP contribution < -0.4 is 0 Å². The summed E-state index contributed by atoms with van der Waals surface area (Å²) in [7, 11) is -5.17. The monoisotopic (exact) mass is 660 g/mol. The molecule has 0 saturated carbocycles. The van der Waals surface area contributed by atoms with Crippen molar-refractivity contribution in [2.24, 2.45) is 0 Å². The molecule has 1 aliphatic heterocycles. The fraction of sp³-hybridized carbons (Fsp3) is 0.593. The smallest absolute Gasteiger partial charge is 0.324 e. The molecule has 0 spiro atoms. The Hall–Kier alpha value is -4.16. The molecule has 250 valence electrons. The van der Waals surface area contributed by atoms with Gasteiger partial charge in [-0.15, -0.1) is 0 Å². The van der Waals surface area contributed by atoms with Gasteiger partial charge in [0, 0.05) is 33.8 Å². The number of para-hydroxylation sites is 1. The first-order valence-corrected chi connectivity index (χ1v) is 14.9. The van der Waals surface area contributed by atoms with Crippen LogP contribution in [-0.4, -0.2) is 96.4 Å². The molecular weight excluding hydrogens is 624 g/mol. The third-order valence-electron chi connectivity index (χ3n) is 5.96. The van der Waals surface area contributed by atoms with Crippen LogP contribution in [0.3, 0.4) is 0 Å². The third-order valence-corrected chi connectivity index (χ3v) is 7.94. The van der Waals surface area contributed by atoms with Crippen molar-refractivity contribution in [1.82, 2.24) is 4.31 Å². The second-order valence-corrected chi connectivity index (χ2v) is 12.7. The first-order chi connectivity index (χ1) is 20.7. The lowest BCUT2D eigenvalue weighted by molar-refractivity contribution is -0.387. The molecule has 0 aliphatic carbocycles. The summed E-state index contributed by atoms with van der Waals surface area (Å²) in [5, 5.41) is 11.9. The van der Waals surface area contributed by atoms with E-state index in [2.05, 4.69) is 0 Å². The molecule has 0 N–H and O–H groups in total. The summed E-state index contributed by atoms with van der Waals surface area (Å²) in [6, 6.07) is 2.40. The maximum Gasteiger partial charge on any atom is 0.324 e. The summed E-state index contributed by atoms with van der Waals surface area (Å²) in [5.74, 6) is -4.93. The van der Waals surface area contributed by atoms with Crippen molar-refractivity contribution in [3.05, 3.63) is 34.4 Å². The number of carbonyl (C=O) groups is 5. The minimum absolute atomic E-state index is 0.373. The van der Waals surface area contributed by atoms with Crippen molar-refractivity contribution in [3.63, 3.8) is 0 Å². The first-order valence-electron chi connectivity index (χ1n) is 13.5. The van der Waals surface area contributed by atoms with Crippen molar-refractivity contribution >= 4 is 45.6 Å². The Morgan fingerprint density at radius 3 is 1.91 bits per heavy atom. The minimum atomic E-state index is -5.17. The molecular formula is C27H36N2O15S. The molecule has 0 unspecified atom stereocenters. The Morgan fingerprint density at radius 1 is 0.911 bits per heavy atom. The van der Waals surface area contributed by atoms with Crippen LogP contribution in [0.2, 0.25) is 0 Å². The second kappa shape index (κ2) is 14.7. The molecule has 6 atom stereocenters.